The van der Waals surface area contributed by atoms with Gasteiger partial charge in [-0.1, -0.05) is 18.0 Å². The van der Waals surface area contributed by atoms with Gasteiger partial charge in [-0.2, -0.15) is 0 Å². The van der Waals surface area contributed by atoms with Gasteiger partial charge in [-0.05, 0) is 44.2 Å². The van der Waals surface area contributed by atoms with E-state index in [0.717, 1.165) is 73.7 Å². The number of aryl methyl sites for hydroxylation is 3. The highest BCUT2D eigenvalue weighted by Gasteiger charge is 2.28. The number of anilines is 2. The lowest BCUT2D eigenvalue weighted by molar-refractivity contribution is -0.120. The van der Waals surface area contributed by atoms with Crippen LogP contribution in [-0.4, -0.2) is 45.6 Å². The van der Waals surface area contributed by atoms with Crippen LogP contribution in [0.2, 0.25) is 5.02 Å². The molecular weight excluding hydrogens is 440 g/mol. The van der Waals surface area contributed by atoms with Crippen LogP contribution in [0.1, 0.15) is 43.5 Å². The average molecular weight is 469 g/mol. The Morgan fingerprint density at radius 1 is 1.15 bits per heavy atom. The van der Waals surface area contributed by atoms with Gasteiger partial charge in [-0.3, -0.25) is 4.79 Å². The number of hydrogen-bond donors (Lipinski definition) is 1. The molecule has 2 aliphatic heterocycles. The van der Waals surface area contributed by atoms with Crippen LogP contribution < -0.4 is 15.0 Å². The van der Waals surface area contributed by atoms with Crippen molar-refractivity contribution >= 4 is 40.2 Å². The summed E-state index contributed by atoms with van der Waals surface area (Å²) >= 11 is 6.19. The lowest BCUT2D eigenvalue weighted by Crippen LogP contribution is -2.38. The summed E-state index contributed by atoms with van der Waals surface area (Å²) in [5, 5.41) is 3.66. The fourth-order valence-corrected chi connectivity index (χ4v) is 5.03. The molecule has 1 N–H and O–H groups in total. The summed E-state index contributed by atoms with van der Waals surface area (Å²) in [5.41, 5.74) is 3.37. The smallest absolute Gasteiger partial charge is 0.227 e. The van der Waals surface area contributed by atoms with Crippen molar-refractivity contribution in [2.75, 3.05) is 30.4 Å². The summed E-state index contributed by atoms with van der Waals surface area (Å²) < 4.78 is 7.66. The minimum Gasteiger partial charge on any atom is -0.495 e. The molecule has 0 atom stereocenters. The van der Waals surface area contributed by atoms with Crippen LogP contribution in [0.3, 0.4) is 0 Å². The van der Waals surface area contributed by atoms with Crippen molar-refractivity contribution in [3.8, 4) is 5.75 Å². The summed E-state index contributed by atoms with van der Waals surface area (Å²) in [4.78, 5) is 29.3. The largest absolute Gasteiger partial charge is 0.495 e. The van der Waals surface area contributed by atoms with Crippen LogP contribution in [0.4, 0.5) is 11.5 Å². The molecule has 8 nitrogen and oxygen atoms in total. The van der Waals surface area contributed by atoms with E-state index >= 15 is 0 Å². The van der Waals surface area contributed by atoms with Gasteiger partial charge in [0.25, 0.3) is 0 Å². The standard InChI is InChI=1S/C24H29ClN6O2/c1-15-12-18(19(33-2)13-17(15)25)28-24(32)16-7-10-30(11-8-16)22-21-23(27-14-26-22)31-9-5-3-4-6-20(31)29-21/h12-14,16H,3-11H2,1-2H3,(H,28,32). The number of benzene rings is 1. The first kappa shape index (κ1) is 21.9. The minimum absolute atomic E-state index is 0.0104. The summed E-state index contributed by atoms with van der Waals surface area (Å²) in [5.74, 6) is 2.51. The topological polar surface area (TPSA) is 85.2 Å². The number of ether oxygens (including phenoxy) is 1. The van der Waals surface area contributed by atoms with E-state index in [2.05, 4.69) is 24.8 Å². The summed E-state index contributed by atoms with van der Waals surface area (Å²) in [6, 6.07) is 3.59. The highest BCUT2D eigenvalue weighted by atomic mass is 35.5. The van der Waals surface area contributed by atoms with Gasteiger partial charge in [0.05, 0.1) is 12.8 Å². The molecule has 0 saturated carbocycles. The zero-order valence-corrected chi connectivity index (χ0v) is 19.9. The molecule has 2 aliphatic rings. The van der Waals surface area contributed by atoms with Crippen LogP contribution in [0.25, 0.3) is 11.2 Å². The second-order valence-corrected chi connectivity index (χ2v) is 9.32. The molecule has 2 aromatic heterocycles. The molecule has 0 spiro atoms. The number of amides is 1. The molecule has 0 radical (unpaired) electrons. The number of nitrogens with zero attached hydrogens (tertiary/aromatic N) is 5. The van der Waals surface area contributed by atoms with Gasteiger partial charge in [0.15, 0.2) is 17.0 Å². The number of halogens is 1. The second kappa shape index (κ2) is 9.17. The van der Waals surface area contributed by atoms with E-state index in [4.69, 9.17) is 21.3 Å². The lowest BCUT2D eigenvalue weighted by Gasteiger charge is -2.32. The number of imidazole rings is 1. The molecule has 1 amide bonds. The number of piperidine rings is 1. The minimum atomic E-state index is -0.0713. The van der Waals surface area contributed by atoms with Crippen molar-refractivity contribution in [1.29, 1.82) is 0 Å². The number of carbonyl (C=O) groups is 1. The number of fused-ring (bicyclic) bond motifs is 3. The first-order chi connectivity index (χ1) is 16.0. The summed E-state index contributed by atoms with van der Waals surface area (Å²) in [7, 11) is 1.58. The number of hydrogen-bond acceptors (Lipinski definition) is 6. The summed E-state index contributed by atoms with van der Waals surface area (Å²) in [6.45, 7) is 4.39. The molecule has 5 rings (SSSR count). The number of rotatable bonds is 4. The van der Waals surface area contributed by atoms with Gasteiger partial charge in [-0.25, -0.2) is 15.0 Å². The zero-order chi connectivity index (χ0) is 22.9. The Hall–Kier alpha value is -2.87. The van der Waals surface area contributed by atoms with E-state index in [1.165, 1.54) is 12.8 Å². The second-order valence-electron chi connectivity index (χ2n) is 8.91. The third kappa shape index (κ3) is 4.24. The molecule has 0 aliphatic carbocycles. The normalized spacial score (nSPS) is 17.0. The van der Waals surface area contributed by atoms with Gasteiger partial charge in [0, 0.05) is 43.1 Å². The number of aromatic nitrogens is 4. The van der Waals surface area contributed by atoms with Gasteiger partial charge < -0.3 is 19.5 Å². The molecular formula is C24H29ClN6O2. The third-order valence-electron chi connectivity index (χ3n) is 6.78. The SMILES string of the molecule is COc1cc(Cl)c(C)cc1NC(=O)C1CCN(c2ncnc3c2nc2n3CCCCC2)CC1. The van der Waals surface area contributed by atoms with Crippen molar-refractivity contribution in [1.82, 2.24) is 19.5 Å². The Labute approximate surface area is 198 Å². The van der Waals surface area contributed by atoms with E-state index in [1.54, 1.807) is 19.5 Å². The van der Waals surface area contributed by atoms with Crippen LogP contribution in [0.5, 0.6) is 5.75 Å². The molecule has 33 heavy (non-hydrogen) atoms. The Balaban J connectivity index is 1.29. The van der Waals surface area contributed by atoms with Gasteiger partial charge in [0.2, 0.25) is 5.91 Å². The Morgan fingerprint density at radius 3 is 2.76 bits per heavy atom. The summed E-state index contributed by atoms with van der Waals surface area (Å²) in [6.07, 6.45) is 7.71. The quantitative estimate of drug-likeness (QED) is 0.611. The monoisotopic (exact) mass is 468 g/mol. The average Bonchev–Trinajstić information content (AvgIpc) is 3.02. The number of methoxy groups -OCH3 is 1. The maximum Gasteiger partial charge on any atom is 0.227 e. The van der Waals surface area contributed by atoms with Crippen molar-refractivity contribution < 1.29 is 9.53 Å². The lowest BCUT2D eigenvalue weighted by atomic mass is 9.95. The number of carbonyl (C=O) groups excluding carboxylic acids is 1. The van der Waals surface area contributed by atoms with E-state index in [1.807, 2.05) is 13.0 Å². The van der Waals surface area contributed by atoms with E-state index < -0.39 is 0 Å². The van der Waals surface area contributed by atoms with Crippen molar-refractivity contribution in [3.63, 3.8) is 0 Å². The number of nitrogens with one attached hydrogen (secondary N) is 1. The van der Waals surface area contributed by atoms with Crippen molar-refractivity contribution in [2.24, 2.45) is 5.92 Å². The molecule has 0 bridgehead atoms. The van der Waals surface area contributed by atoms with E-state index in [-0.39, 0.29) is 11.8 Å². The predicted molar refractivity (Wildman–Crippen MR) is 129 cm³/mol. The highest BCUT2D eigenvalue weighted by molar-refractivity contribution is 6.31. The molecule has 174 valence electrons. The molecule has 0 unspecified atom stereocenters. The molecule has 1 saturated heterocycles. The Morgan fingerprint density at radius 2 is 1.97 bits per heavy atom. The van der Waals surface area contributed by atoms with Crippen molar-refractivity contribution in [3.05, 3.63) is 34.9 Å². The van der Waals surface area contributed by atoms with Crippen LogP contribution in [0, 0.1) is 12.8 Å². The van der Waals surface area contributed by atoms with Gasteiger partial charge >= 0.3 is 0 Å². The third-order valence-corrected chi connectivity index (χ3v) is 7.18. The van der Waals surface area contributed by atoms with Crippen LogP contribution >= 0.6 is 11.6 Å². The highest BCUT2D eigenvalue weighted by Crippen LogP contribution is 2.33. The molecule has 1 aromatic carbocycles. The maximum atomic E-state index is 13.0. The van der Waals surface area contributed by atoms with Gasteiger partial charge in [0.1, 0.15) is 17.9 Å². The van der Waals surface area contributed by atoms with Crippen LogP contribution in [-0.2, 0) is 17.8 Å². The first-order valence-corrected chi connectivity index (χ1v) is 12.0. The van der Waals surface area contributed by atoms with E-state index in [9.17, 15) is 4.79 Å². The fourth-order valence-electron chi connectivity index (χ4n) is 4.87. The Kier molecular flexibility index (Phi) is 6.10. The molecule has 1 fully saturated rings. The Bertz CT molecular complexity index is 1190. The molecule has 3 aromatic rings. The zero-order valence-electron chi connectivity index (χ0n) is 19.1. The van der Waals surface area contributed by atoms with Gasteiger partial charge in [-0.15, -0.1) is 0 Å². The fraction of sp³-hybridized carbons (Fsp3) is 0.500. The maximum absolute atomic E-state index is 13.0. The van der Waals surface area contributed by atoms with Crippen molar-refractivity contribution in [2.45, 2.75) is 52.0 Å². The molecule has 9 heteroatoms. The predicted octanol–water partition coefficient (Wildman–Crippen LogP) is 4.38. The van der Waals surface area contributed by atoms with Crippen LogP contribution in [0.15, 0.2) is 18.5 Å². The first-order valence-electron chi connectivity index (χ1n) is 11.6. The molecule has 4 heterocycles. The van der Waals surface area contributed by atoms with E-state index in [0.29, 0.717) is 16.5 Å².